The topological polar surface area (TPSA) is 124 Å². The van der Waals surface area contributed by atoms with Crippen molar-refractivity contribution >= 4 is 21.1 Å². The molecule has 0 aromatic carbocycles. The fourth-order valence-electron chi connectivity index (χ4n) is 3.66. The summed E-state index contributed by atoms with van der Waals surface area (Å²) in [5.74, 6) is 0. The Kier molecular flexibility index (Phi) is 5.60. The van der Waals surface area contributed by atoms with Crippen LogP contribution in [0, 0.1) is 22.7 Å². The average molecular weight is 474 g/mol. The molecule has 1 saturated carbocycles. The molecule has 0 saturated heterocycles. The lowest BCUT2D eigenvalue weighted by Gasteiger charge is -2.29. The molecule has 0 radical (unpaired) electrons. The first-order chi connectivity index (χ1) is 15.6. The fraction of sp³-hybridized carbons (Fsp3) is 0.333. The normalized spacial score (nSPS) is 15.6. The van der Waals surface area contributed by atoms with Crippen LogP contribution in [-0.4, -0.2) is 35.2 Å². The number of hydrogen-bond acceptors (Lipinski definition) is 6. The third-order valence-electron chi connectivity index (χ3n) is 5.63. The Morgan fingerprint density at radius 3 is 2.42 bits per heavy atom. The second-order valence-corrected chi connectivity index (χ2v) is 9.47. The first-order valence-corrected chi connectivity index (χ1v) is 11.4. The smallest absolute Gasteiger partial charge is 0.320 e. The van der Waals surface area contributed by atoms with Gasteiger partial charge >= 0.3 is 6.18 Å². The largest absolute Gasteiger partial charge is 0.404 e. The van der Waals surface area contributed by atoms with Crippen molar-refractivity contribution in [2.45, 2.75) is 49.3 Å². The number of rotatable bonds is 5. The molecule has 8 nitrogen and oxygen atoms in total. The van der Waals surface area contributed by atoms with E-state index in [1.54, 1.807) is 10.8 Å². The lowest BCUT2D eigenvalue weighted by molar-refractivity contribution is -0.147. The molecule has 3 aromatic heterocycles. The van der Waals surface area contributed by atoms with Crippen LogP contribution < -0.4 is 4.72 Å². The van der Waals surface area contributed by atoms with Crippen LogP contribution >= 0.6 is 0 Å². The van der Waals surface area contributed by atoms with Gasteiger partial charge in [-0.1, -0.05) is 0 Å². The summed E-state index contributed by atoms with van der Waals surface area (Å²) in [4.78, 5) is 8.11. The van der Waals surface area contributed by atoms with Crippen molar-refractivity contribution in [3.8, 4) is 23.5 Å². The van der Waals surface area contributed by atoms with Crippen LogP contribution in [0.4, 0.5) is 13.2 Å². The van der Waals surface area contributed by atoms with Crippen LogP contribution in [0.25, 0.3) is 22.4 Å². The van der Waals surface area contributed by atoms with Gasteiger partial charge in [-0.05, 0) is 44.4 Å². The van der Waals surface area contributed by atoms with E-state index in [0.717, 1.165) is 31.5 Å². The highest BCUT2D eigenvalue weighted by Crippen LogP contribution is 2.41. The van der Waals surface area contributed by atoms with Gasteiger partial charge in [-0.2, -0.15) is 28.4 Å². The van der Waals surface area contributed by atoms with Gasteiger partial charge in [0.05, 0.1) is 22.5 Å². The lowest BCUT2D eigenvalue weighted by atomic mass is 9.92. The maximum absolute atomic E-state index is 12.8. The van der Waals surface area contributed by atoms with E-state index < -0.39 is 27.1 Å². The minimum Gasteiger partial charge on any atom is -0.320 e. The maximum Gasteiger partial charge on any atom is 0.404 e. The van der Waals surface area contributed by atoms with Gasteiger partial charge in [0, 0.05) is 23.8 Å². The van der Waals surface area contributed by atoms with E-state index in [2.05, 4.69) is 16.0 Å². The van der Waals surface area contributed by atoms with Crippen LogP contribution in [-0.2, 0) is 10.0 Å². The van der Waals surface area contributed by atoms with E-state index >= 15 is 0 Å². The zero-order chi connectivity index (χ0) is 24.0. The van der Waals surface area contributed by atoms with Crippen molar-refractivity contribution in [2.75, 3.05) is 0 Å². The second-order valence-electron chi connectivity index (χ2n) is 7.76. The molecule has 1 aliphatic carbocycles. The quantitative estimate of drug-likeness (QED) is 0.600. The van der Waals surface area contributed by atoms with Crippen molar-refractivity contribution in [1.82, 2.24) is 19.3 Å². The van der Waals surface area contributed by atoms with E-state index in [1.807, 2.05) is 10.6 Å². The number of halogens is 3. The van der Waals surface area contributed by atoms with Crippen molar-refractivity contribution in [2.24, 2.45) is 0 Å². The van der Waals surface area contributed by atoms with Crippen LogP contribution in [0.2, 0.25) is 0 Å². The number of sulfonamides is 1. The molecule has 0 amide bonds. The van der Waals surface area contributed by atoms with Crippen molar-refractivity contribution in [3.63, 3.8) is 0 Å². The molecular weight excluding hydrogens is 457 g/mol. The number of aromatic nitrogens is 3. The molecule has 0 unspecified atom stereocenters. The Balaban J connectivity index is 1.81. The van der Waals surface area contributed by atoms with Gasteiger partial charge in [0.2, 0.25) is 10.0 Å². The molecule has 0 bridgehead atoms. The molecule has 3 aromatic rings. The summed E-state index contributed by atoms with van der Waals surface area (Å²) in [5.41, 5.74) is 1.76. The SMILES string of the molecule is C[C@@H](NS(=O)(=O)c1ccc(-c2c(C#N)c3cc(C#N)cnc3n2C2CCC2)nc1)C(F)(F)F. The predicted molar refractivity (Wildman–Crippen MR) is 111 cm³/mol. The first-order valence-electron chi connectivity index (χ1n) is 9.96. The molecule has 0 spiro atoms. The van der Waals surface area contributed by atoms with Gasteiger partial charge < -0.3 is 4.57 Å². The fourth-order valence-corrected chi connectivity index (χ4v) is 4.83. The molecule has 1 aliphatic rings. The van der Waals surface area contributed by atoms with Crippen molar-refractivity contribution < 1.29 is 21.6 Å². The number of pyridine rings is 2. The molecule has 0 aliphatic heterocycles. The zero-order valence-corrected chi connectivity index (χ0v) is 18.1. The zero-order valence-electron chi connectivity index (χ0n) is 17.3. The van der Waals surface area contributed by atoms with Gasteiger partial charge in [0.1, 0.15) is 28.7 Å². The summed E-state index contributed by atoms with van der Waals surface area (Å²) in [6, 6.07) is 5.98. The summed E-state index contributed by atoms with van der Waals surface area (Å²) in [7, 11) is -4.46. The van der Waals surface area contributed by atoms with Crippen LogP contribution in [0.5, 0.6) is 0 Å². The summed E-state index contributed by atoms with van der Waals surface area (Å²) < 4.78 is 66.5. The minimum absolute atomic E-state index is 0.0598. The van der Waals surface area contributed by atoms with E-state index in [-0.39, 0.29) is 22.9 Å². The van der Waals surface area contributed by atoms with Crippen LogP contribution in [0.15, 0.2) is 35.5 Å². The summed E-state index contributed by atoms with van der Waals surface area (Å²) in [6.45, 7) is 0.706. The number of nitrogens with one attached hydrogen (secondary N) is 1. The summed E-state index contributed by atoms with van der Waals surface area (Å²) in [6.07, 6.45) is 0.346. The Hall–Kier alpha value is -3.48. The highest BCUT2D eigenvalue weighted by molar-refractivity contribution is 7.89. The average Bonchev–Trinajstić information content (AvgIpc) is 3.04. The second kappa shape index (κ2) is 8.14. The maximum atomic E-state index is 12.8. The Labute approximate surface area is 187 Å². The van der Waals surface area contributed by atoms with E-state index in [4.69, 9.17) is 0 Å². The van der Waals surface area contributed by atoms with E-state index in [1.165, 1.54) is 12.3 Å². The predicted octanol–water partition coefficient (Wildman–Crippen LogP) is 3.80. The highest BCUT2D eigenvalue weighted by Gasteiger charge is 2.39. The first kappa shape index (κ1) is 22.7. The van der Waals surface area contributed by atoms with Gasteiger partial charge in [0.25, 0.3) is 0 Å². The lowest BCUT2D eigenvalue weighted by Crippen LogP contribution is -2.42. The minimum atomic E-state index is -4.73. The van der Waals surface area contributed by atoms with Crippen molar-refractivity contribution in [3.05, 3.63) is 41.7 Å². The van der Waals surface area contributed by atoms with Gasteiger partial charge in [0.15, 0.2) is 0 Å². The molecule has 12 heteroatoms. The molecule has 33 heavy (non-hydrogen) atoms. The highest BCUT2D eigenvalue weighted by atomic mass is 32.2. The Morgan fingerprint density at radius 2 is 1.91 bits per heavy atom. The van der Waals surface area contributed by atoms with Gasteiger partial charge in [-0.3, -0.25) is 4.98 Å². The Bertz CT molecular complexity index is 1410. The molecule has 1 atom stereocenters. The van der Waals surface area contributed by atoms with E-state index in [9.17, 15) is 32.1 Å². The number of alkyl halides is 3. The standard InChI is InChI=1S/C21H17F3N6O2S/c1-12(21(22,23)24)29-33(31,32)15-5-6-18(27-11-15)19-17(9-26)16-7-13(8-25)10-28-20(16)30(19)14-3-2-4-14/h5-7,10-12,14,29H,2-4H2,1H3/t12-/m1/s1. The summed E-state index contributed by atoms with van der Waals surface area (Å²) in [5, 5.41) is 19.6. The monoisotopic (exact) mass is 474 g/mol. The number of nitrogens with zero attached hydrogens (tertiary/aromatic N) is 5. The summed E-state index contributed by atoms with van der Waals surface area (Å²) >= 11 is 0. The van der Waals surface area contributed by atoms with Gasteiger partial charge in [-0.15, -0.1) is 0 Å². The molecule has 3 heterocycles. The van der Waals surface area contributed by atoms with Gasteiger partial charge in [-0.25, -0.2) is 13.4 Å². The Morgan fingerprint density at radius 1 is 1.18 bits per heavy atom. The molecule has 170 valence electrons. The molecular formula is C21H17F3N6O2S. The number of hydrogen-bond donors (Lipinski definition) is 1. The number of nitriles is 2. The third-order valence-corrected chi connectivity index (χ3v) is 7.16. The van der Waals surface area contributed by atoms with Crippen molar-refractivity contribution in [1.29, 1.82) is 10.5 Å². The number of fused-ring (bicyclic) bond motifs is 1. The molecule has 1 fully saturated rings. The third kappa shape index (κ3) is 4.03. The van der Waals surface area contributed by atoms with Crippen LogP contribution in [0.1, 0.15) is 43.4 Å². The molecule has 1 N–H and O–H groups in total. The van der Waals surface area contributed by atoms with E-state index in [0.29, 0.717) is 23.7 Å². The molecule has 4 rings (SSSR count). The van der Waals surface area contributed by atoms with Crippen LogP contribution in [0.3, 0.4) is 0 Å².